The first-order valence-corrected chi connectivity index (χ1v) is 8.05. The molecule has 0 aliphatic heterocycles. The summed E-state index contributed by atoms with van der Waals surface area (Å²) in [7, 11) is -3.14. The summed E-state index contributed by atoms with van der Waals surface area (Å²) in [5, 5.41) is 3.14. The highest BCUT2D eigenvalue weighted by Crippen LogP contribution is 2.13. The molecular weight excluding hydrogens is 274 g/mol. The second-order valence-corrected chi connectivity index (χ2v) is 6.48. The molecule has 0 fully saturated rings. The van der Waals surface area contributed by atoms with E-state index in [1.54, 1.807) is 24.4 Å². The molecule has 6 heteroatoms. The summed E-state index contributed by atoms with van der Waals surface area (Å²) in [5.41, 5.74) is 1.01. The van der Waals surface area contributed by atoms with Crippen LogP contribution in [0.15, 0.2) is 54.2 Å². The molecular formula is C14H17N3O2S. The van der Waals surface area contributed by atoms with Gasteiger partial charge < -0.3 is 9.88 Å². The van der Waals surface area contributed by atoms with Crippen molar-refractivity contribution in [3.63, 3.8) is 0 Å². The average Bonchev–Trinajstić information content (AvgIpc) is 2.83. The van der Waals surface area contributed by atoms with Crippen molar-refractivity contribution in [3.8, 4) is 0 Å². The number of anilines is 1. The predicted molar refractivity (Wildman–Crippen MR) is 79.6 cm³/mol. The first-order chi connectivity index (χ1) is 9.50. The standard InChI is InChI=1S/C14H17N3O2S/c1-3-8-15-14-16-9-10-17(14)11-12-4-6-13(7-5-12)20(2,18)19/h3-7,9-10H,1,8,11H2,2H3,(H,15,16). The lowest BCUT2D eigenvalue weighted by molar-refractivity contribution is 0.602. The molecule has 1 heterocycles. The summed E-state index contributed by atoms with van der Waals surface area (Å²) in [5.74, 6) is 0.761. The number of imidazole rings is 1. The zero-order chi connectivity index (χ0) is 14.6. The summed E-state index contributed by atoms with van der Waals surface area (Å²) in [4.78, 5) is 4.55. The van der Waals surface area contributed by atoms with Crippen molar-refractivity contribution in [2.75, 3.05) is 18.1 Å². The van der Waals surface area contributed by atoms with E-state index in [2.05, 4.69) is 16.9 Å². The summed E-state index contributed by atoms with van der Waals surface area (Å²) in [6, 6.07) is 6.87. The van der Waals surface area contributed by atoms with Crippen LogP contribution in [0, 0.1) is 0 Å². The Morgan fingerprint density at radius 1 is 1.35 bits per heavy atom. The summed E-state index contributed by atoms with van der Waals surface area (Å²) in [6.45, 7) is 4.92. The molecule has 1 aromatic carbocycles. The van der Waals surface area contributed by atoms with E-state index in [1.165, 1.54) is 6.26 Å². The molecule has 0 aliphatic rings. The highest BCUT2D eigenvalue weighted by molar-refractivity contribution is 7.90. The van der Waals surface area contributed by atoms with Gasteiger partial charge in [0.1, 0.15) is 0 Å². The summed E-state index contributed by atoms with van der Waals surface area (Å²) >= 11 is 0. The second-order valence-electron chi connectivity index (χ2n) is 4.46. The van der Waals surface area contributed by atoms with Gasteiger partial charge in [-0.3, -0.25) is 0 Å². The molecule has 1 aromatic heterocycles. The van der Waals surface area contributed by atoms with Gasteiger partial charge in [-0.15, -0.1) is 6.58 Å². The fourth-order valence-corrected chi connectivity index (χ4v) is 2.44. The number of nitrogens with zero attached hydrogens (tertiary/aromatic N) is 2. The Balaban J connectivity index is 2.14. The average molecular weight is 291 g/mol. The maximum Gasteiger partial charge on any atom is 0.203 e. The number of hydrogen-bond donors (Lipinski definition) is 1. The highest BCUT2D eigenvalue weighted by atomic mass is 32.2. The molecule has 5 nitrogen and oxygen atoms in total. The first kappa shape index (κ1) is 14.3. The SMILES string of the molecule is C=CCNc1nccn1Cc1ccc(S(C)(=O)=O)cc1. The Bertz CT molecular complexity index is 687. The summed E-state index contributed by atoms with van der Waals surface area (Å²) in [6.07, 6.45) is 6.56. The predicted octanol–water partition coefficient (Wildman–Crippen LogP) is 1.93. The van der Waals surface area contributed by atoms with Gasteiger partial charge in [-0.2, -0.15) is 0 Å². The van der Waals surface area contributed by atoms with Gasteiger partial charge in [0.25, 0.3) is 0 Å². The highest BCUT2D eigenvalue weighted by Gasteiger charge is 2.07. The normalized spacial score (nSPS) is 11.2. The summed E-state index contributed by atoms with van der Waals surface area (Å²) < 4.78 is 24.8. The van der Waals surface area contributed by atoms with Gasteiger partial charge in [-0.25, -0.2) is 13.4 Å². The van der Waals surface area contributed by atoms with Crippen LogP contribution in [-0.4, -0.2) is 30.8 Å². The molecule has 2 aromatic rings. The quantitative estimate of drug-likeness (QED) is 0.826. The van der Waals surface area contributed by atoms with E-state index >= 15 is 0 Å². The maximum atomic E-state index is 11.4. The van der Waals surface area contributed by atoms with E-state index in [1.807, 2.05) is 22.9 Å². The largest absolute Gasteiger partial charge is 0.352 e. The van der Waals surface area contributed by atoms with E-state index in [4.69, 9.17) is 0 Å². The zero-order valence-electron chi connectivity index (χ0n) is 11.3. The van der Waals surface area contributed by atoms with Gasteiger partial charge in [-0.05, 0) is 17.7 Å². The van der Waals surface area contributed by atoms with E-state index in [-0.39, 0.29) is 0 Å². The van der Waals surface area contributed by atoms with Crippen LogP contribution in [-0.2, 0) is 16.4 Å². The van der Waals surface area contributed by atoms with Gasteiger partial charge in [0.05, 0.1) is 11.4 Å². The number of sulfone groups is 1. The molecule has 0 amide bonds. The minimum Gasteiger partial charge on any atom is -0.352 e. The Labute approximate surface area is 118 Å². The Morgan fingerprint density at radius 3 is 2.65 bits per heavy atom. The number of hydrogen-bond acceptors (Lipinski definition) is 4. The van der Waals surface area contributed by atoms with Gasteiger partial charge in [-0.1, -0.05) is 18.2 Å². The first-order valence-electron chi connectivity index (χ1n) is 6.15. The zero-order valence-corrected chi connectivity index (χ0v) is 12.1. The molecule has 0 unspecified atom stereocenters. The van der Waals surface area contributed by atoms with Crippen LogP contribution in [0.2, 0.25) is 0 Å². The molecule has 0 radical (unpaired) electrons. The van der Waals surface area contributed by atoms with Gasteiger partial charge >= 0.3 is 0 Å². The monoisotopic (exact) mass is 291 g/mol. The lowest BCUT2D eigenvalue weighted by atomic mass is 10.2. The third-order valence-corrected chi connectivity index (χ3v) is 3.95. The fourth-order valence-electron chi connectivity index (χ4n) is 1.81. The lowest BCUT2D eigenvalue weighted by Gasteiger charge is -2.09. The van der Waals surface area contributed by atoms with Crippen molar-refractivity contribution in [2.45, 2.75) is 11.4 Å². The van der Waals surface area contributed by atoms with Crippen LogP contribution in [0.3, 0.4) is 0 Å². The van der Waals surface area contributed by atoms with Crippen molar-refractivity contribution in [2.24, 2.45) is 0 Å². The van der Waals surface area contributed by atoms with Crippen molar-refractivity contribution in [3.05, 3.63) is 54.9 Å². The van der Waals surface area contributed by atoms with Gasteiger partial charge in [0.2, 0.25) is 5.95 Å². The smallest absolute Gasteiger partial charge is 0.203 e. The van der Waals surface area contributed by atoms with E-state index in [0.29, 0.717) is 18.0 Å². The molecule has 0 aliphatic carbocycles. The fraction of sp³-hybridized carbons (Fsp3) is 0.214. The minimum absolute atomic E-state index is 0.330. The van der Waals surface area contributed by atoms with Crippen LogP contribution in [0.4, 0.5) is 5.95 Å². The van der Waals surface area contributed by atoms with Crippen LogP contribution >= 0.6 is 0 Å². The molecule has 0 saturated heterocycles. The van der Waals surface area contributed by atoms with Crippen LogP contribution in [0.5, 0.6) is 0 Å². The van der Waals surface area contributed by atoms with Crippen LogP contribution < -0.4 is 5.32 Å². The number of rotatable bonds is 6. The number of aromatic nitrogens is 2. The van der Waals surface area contributed by atoms with Crippen LogP contribution in [0.1, 0.15) is 5.56 Å². The molecule has 0 saturated carbocycles. The van der Waals surface area contributed by atoms with Gasteiger partial charge in [0.15, 0.2) is 9.84 Å². The third-order valence-electron chi connectivity index (χ3n) is 2.82. The van der Waals surface area contributed by atoms with E-state index in [0.717, 1.165) is 11.5 Å². The number of nitrogens with one attached hydrogen (secondary N) is 1. The molecule has 0 bridgehead atoms. The molecule has 2 rings (SSSR count). The van der Waals surface area contributed by atoms with Gasteiger partial charge in [0, 0.05) is 25.2 Å². The molecule has 0 spiro atoms. The van der Waals surface area contributed by atoms with Crippen molar-refractivity contribution >= 4 is 15.8 Å². The van der Waals surface area contributed by atoms with Crippen LogP contribution in [0.25, 0.3) is 0 Å². The van der Waals surface area contributed by atoms with E-state index in [9.17, 15) is 8.42 Å². The minimum atomic E-state index is -3.14. The Kier molecular flexibility index (Phi) is 4.24. The Morgan fingerprint density at radius 2 is 2.05 bits per heavy atom. The molecule has 106 valence electrons. The lowest BCUT2D eigenvalue weighted by Crippen LogP contribution is -2.08. The van der Waals surface area contributed by atoms with E-state index < -0.39 is 9.84 Å². The molecule has 20 heavy (non-hydrogen) atoms. The molecule has 0 atom stereocenters. The third kappa shape index (κ3) is 3.48. The maximum absolute atomic E-state index is 11.4. The van der Waals surface area contributed by atoms with Crippen molar-refractivity contribution in [1.82, 2.24) is 9.55 Å². The van der Waals surface area contributed by atoms with Crippen molar-refractivity contribution in [1.29, 1.82) is 0 Å². The number of benzene rings is 1. The van der Waals surface area contributed by atoms with Crippen molar-refractivity contribution < 1.29 is 8.42 Å². The molecule has 1 N–H and O–H groups in total. The Hall–Kier alpha value is -2.08. The topological polar surface area (TPSA) is 64.0 Å². The second kappa shape index (κ2) is 5.92.